The molecule has 0 aliphatic heterocycles. The number of aliphatic hydroxyl groups is 1. The summed E-state index contributed by atoms with van der Waals surface area (Å²) in [5.41, 5.74) is 0.0284. The molecule has 0 radical (unpaired) electrons. The Kier molecular flexibility index (Phi) is 5.41. The summed E-state index contributed by atoms with van der Waals surface area (Å²) in [4.78, 5) is 11.8. The van der Waals surface area contributed by atoms with Crippen molar-refractivity contribution in [1.82, 2.24) is 5.32 Å². The van der Waals surface area contributed by atoms with Crippen molar-refractivity contribution in [2.45, 2.75) is 25.5 Å². The third-order valence-electron chi connectivity index (χ3n) is 3.01. The SMILES string of the molecule is CC(CC(O)c1ccco1)NC(=O)Nc1ccc(Cl)cc1F. The van der Waals surface area contributed by atoms with Gasteiger partial charge in [0, 0.05) is 17.5 Å². The number of carbonyl (C=O) groups is 1. The topological polar surface area (TPSA) is 74.5 Å². The van der Waals surface area contributed by atoms with Crippen molar-refractivity contribution < 1.29 is 18.7 Å². The molecule has 2 rings (SSSR count). The number of amides is 2. The molecular formula is C15H16ClFN2O3. The zero-order valence-corrected chi connectivity index (χ0v) is 12.6. The average molecular weight is 327 g/mol. The molecule has 2 unspecified atom stereocenters. The van der Waals surface area contributed by atoms with E-state index in [0.717, 1.165) is 6.07 Å². The lowest BCUT2D eigenvalue weighted by atomic mass is 10.1. The number of aliphatic hydroxyl groups excluding tert-OH is 1. The molecule has 0 bridgehead atoms. The van der Waals surface area contributed by atoms with Crippen LogP contribution in [0, 0.1) is 5.82 Å². The molecule has 0 aliphatic carbocycles. The molecule has 2 amide bonds. The zero-order valence-electron chi connectivity index (χ0n) is 11.8. The summed E-state index contributed by atoms with van der Waals surface area (Å²) in [5.74, 6) is -0.191. The second-order valence-electron chi connectivity index (χ2n) is 4.89. The summed E-state index contributed by atoms with van der Waals surface area (Å²) in [7, 11) is 0. The van der Waals surface area contributed by atoms with Gasteiger partial charge in [-0.3, -0.25) is 0 Å². The Bertz CT molecular complexity index is 634. The first-order valence-corrected chi connectivity index (χ1v) is 7.07. The van der Waals surface area contributed by atoms with Crippen LogP contribution in [0.15, 0.2) is 41.0 Å². The van der Waals surface area contributed by atoms with E-state index >= 15 is 0 Å². The van der Waals surface area contributed by atoms with Crippen LogP contribution in [0.5, 0.6) is 0 Å². The maximum Gasteiger partial charge on any atom is 0.319 e. The Labute approximate surface area is 132 Å². The molecular weight excluding hydrogens is 311 g/mol. The number of hydrogen-bond donors (Lipinski definition) is 3. The van der Waals surface area contributed by atoms with Crippen LogP contribution in [-0.4, -0.2) is 17.2 Å². The summed E-state index contributed by atoms with van der Waals surface area (Å²) < 4.78 is 18.6. The lowest BCUT2D eigenvalue weighted by Crippen LogP contribution is -2.37. The van der Waals surface area contributed by atoms with E-state index in [9.17, 15) is 14.3 Å². The quantitative estimate of drug-likeness (QED) is 0.784. The monoisotopic (exact) mass is 326 g/mol. The molecule has 2 aromatic rings. The number of furan rings is 1. The van der Waals surface area contributed by atoms with Gasteiger partial charge in [0.25, 0.3) is 0 Å². The van der Waals surface area contributed by atoms with Gasteiger partial charge in [0.1, 0.15) is 17.7 Å². The third kappa shape index (κ3) is 4.47. The minimum atomic E-state index is -0.822. The van der Waals surface area contributed by atoms with Gasteiger partial charge in [-0.15, -0.1) is 0 Å². The van der Waals surface area contributed by atoms with Gasteiger partial charge in [-0.1, -0.05) is 11.6 Å². The van der Waals surface area contributed by atoms with Gasteiger partial charge in [-0.25, -0.2) is 9.18 Å². The van der Waals surface area contributed by atoms with Crippen LogP contribution in [0.2, 0.25) is 5.02 Å². The van der Waals surface area contributed by atoms with Crippen LogP contribution < -0.4 is 10.6 Å². The lowest BCUT2D eigenvalue weighted by molar-refractivity contribution is 0.130. The van der Waals surface area contributed by atoms with Crippen molar-refractivity contribution in [2.75, 3.05) is 5.32 Å². The minimum absolute atomic E-state index is 0.0284. The van der Waals surface area contributed by atoms with Gasteiger partial charge in [0.2, 0.25) is 0 Å². The van der Waals surface area contributed by atoms with Crippen LogP contribution in [0.1, 0.15) is 25.2 Å². The van der Waals surface area contributed by atoms with E-state index in [0.29, 0.717) is 5.76 Å². The highest BCUT2D eigenvalue weighted by Crippen LogP contribution is 2.20. The maximum atomic E-state index is 13.6. The smallest absolute Gasteiger partial charge is 0.319 e. The fourth-order valence-corrected chi connectivity index (χ4v) is 2.12. The highest BCUT2D eigenvalue weighted by molar-refractivity contribution is 6.30. The van der Waals surface area contributed by atoms with Crippen LogP contribution in [0.3, 0.4) is 0 Å². The molecule has 0 saturated carbocycles. The average Bonchev–Trinajstić information content (AvgIpc) is 2.95. The third-order valence-corrected chi connectivity index (χ3v) is 3.24. The van der Waals surface area contributed by atoms with E-state index in [1.54, 1.807) is 19.1 Å². The van der Waals surface area contributed by atoms with E-state index < -0.39 is 18.0 Å². The Hall–Kier alpha value is -2.05. The van der Waals surface area contributed by atoms with Crippen molar-refractivity contribution >= 4 is 23.3 Å². The molecule has 2 atom stereocenters. The fraction of sp³-hybridized carbons (Fsp3) is 0.267. The molecule has 1 aromatic carbocycles. The Morgan fingerprint density at radius 2 is 2.23 bits per heavy atom. The van der Waals surface area contributed by atoms with Crippen molar-refractivity contribution in [2.24, 2.45) is 0 Å². The van der Waals surface area contributed by atoms with E-state index in [1.807, 2.05) is 0 Å². The number of carbonyl (C=O) groups excluding carboxylic acids is 1. The summed E-state index contributed by atoms with van der Waals surface area (Å²) in [5, 5.41) is 15.2. The van der Waals surface area contributed by atoms with Gasteiger partial charge in [-0.05, 0) is 37.3 Å². The van der Waals surface area contributed by atoms with E-state index in [2.05, 4.69) is 10.6 Å². The molecule has 1 aromatic heterocycles. The van der Waals surface area contributed by atoms with Gasteiger partial charge >= 0.3 is 6.03 Å². The van der Waals surface area contributed by atoms with Crippen molar-refractivity contribution in [3.63, 3.8) is 0 Å². The number of halogens is 2. The van der Waals surface area contributed by atoms with Crippen molar-refractivity contribution in [1.29, 1.82) is 0 Å². The van der Waals surface area contributed by atoms with Gasteiger partial charge < -0.3 is 20.2 Å². The highest BCUT2D eigenvalue weighted by atomic mass is 35.5. The fourth-order valence-electron chi connectivity index (χ4n) is 1.96. The molecule has 0 spiro atoms. The first kappa shape index (κ1) is 16.3. The molecule has 0 saturated heterocycles. The van der Waals surface area contributed by atoms with Crippen LogP contribution >= 0.6 is 11.6 Å². The molecule has 5 nitrogen and oxygen atoms in total. The van der Waals surface area contributed by atoms with E-state index in [1.165, 1.54) is 18.4 Å². The van der Waals surface area contributed by atoms with Crippen molar-refractivity contribution in [3.8, 4) is 0 Å². The summed E-state index contributed by atoms with van der Waals surface area (Å²) in [6.07, 6.45) is 0.911. The number of anilines is 1. The van der Waals surface area contributed by atoms with E-state index in [4.69, 9.17) is 16.0 Å². The van der Waals surface area contributed by atoms with Gasteiger partial charge in [-0.2, -0.15) is 0 Å². The Morgan fingerprint density at radius 3 is 2.86 bits per heavy atom. The summed E-state index contributed by atoms with van der Waals surface area (Å²) in [6.45, 7) is 1.73. The van der Waals surface area contributed by atoms with E-state index in [-0.39, 0.29) is 23.2 Å². The summed E-state index contributed by atoms with van der Waals surface area (Å²) >= 11 is 5.64. The largest absolute Gasteiger partial charge is 0.467 e. The molecule has 0 fully saturated rings. The minimum Gasteiger partial charge on any atom is -0.467 e. The van der Waals surface area contributed by atoms with Gasteiger partial charge in [0.05, 0.1) is 12.0 Å². The number of hydrogen-bond acceptors (Lipinski definition) is 3. The van der Waals surface area contributed by atoms with Crippen molar-refractivity contribution in [3.05, 3.63) is 53.2 Å². The lowest BCUT2D eigenvalue weighted by Gasteiger charge is -2.17. The Balaban J connectivity index is 1.86. The highest BCUT2D eigenvalue weighted by Gasteiger charge is 2.17. The number of nitrogens with one attached hydrogen (secondary N) is 2. The van der Waals surface area contributed by atoms with Gasteiger partial charge in [0.15, 0.2) is 0 Å². The predicted molar refractivity (Wildman–Crippen MR) is 81.3 cm³/mol. The number of urea groups is 1. The predicted octanol–water partition coefficient (Wildman–Crippen LogP) is 3.71. The molecule has 118 valence electrons. The summed E-state index contributed by atoms with van der Waals surface area (Å²) in [6, 6.07) is 6.38. The second-order valence-corrected chi connectivity index (χ2v) is 5.33. The molecule has 1 heterocycles. The standard InChI is InChI=1S/C15H16ClFN2O3/c1-9(7-13(20)14-3-2-6-22-14)18-15(21)19-12-5-4-10(16)8-11(12)17/h2-6,8-9,13,20H,7H2,1H3,(H2,18,19,21). The van der Waals surface area contributed by atoms with Crippen LogP contribution in [-0.2, 0) is 0 Å². The molecule has 7 heteroatoms. The molecule has 3 N–H and O–H groups in total. The first-order chi connectivity index (χ1) is 10.5. The second kappa shape index (κ2) is 7.29. The Morgan fingerprint density at radius 1 is 1.45 bits per heavy atom. The zero-order chi connectivity index (χ0) is 16.1. The number of benzene rings is 1. The molecule has 22 heavy (non-hydrogen) atoms. The molecule has 0 aliphatic rings. The maximum absolute atomic E-state index is 13.6. The first-order valence-electron chi connectivity index (χ1n) is 6.69. The normalized spacial score (nSPS) is 13.5. The van der Waals surface area contributed by atoms with Crippen LogP contribution in [0.25, 0.3) is 0 Å². The van der Waals surface area contributed by atoms with Crippen LogP contribution in [0.4, 0.5) is 14.9 Å². The number of rotatable bonds is 5.